The highest BCUT2D eigenvalue weighted by molar-refractivity contribution is 5.99. The van der Waals surface area contributed by atoms with Crippen molar-refractivity contribution in [3.63, 3.8) is 0 Å². The predicted octanol–water partition coefficient (Wildman–Crippen LogP) is 2.68. The molecule has 2 N–H and O–H groups in total. The van der Waals surface area contributed by atoms with Gasteiger partial charge in [-0.1, -0.05) is 12.1 Å². The van der Waals surface area contributed by atoms with Gasteiger partial charge in [0, 0.05) is 5.69 Å². The molecule has 1 aromatic carbocycles. The third-order valence-electron chi connectivity index (χ3n) is 3.33. The van der Waals surface area contributed by atoms with Gasteiger partial charge >= 0.3 is 0 Å². The number of pyridine rings is 1. The number of carbonyl (C=O) groups excluding carboxylic acids is 1. The molecule has 0 fully saturated rings. The van der Waals surface area contributed by atoms with E-state index in [1.165, 1.54) is 0 Å². The maximum absolute atomic E-state index is 12.1. The van der Waals surface area contributed by atoms with Crippen LogP contribution in [0.5, 0.6) is 11.5 Å². The normalized spacial score (nSPS) is 10.6. The fraction of sp³-hybridized carbons (Fsp3) is 0.235. The molecule has 0 bridgehead atoms. The molecule has 2 aromatic heterocycles. The Bertz CT molecular complexity index is 860. The summed E-state index contributed by atoms with van der Waals surface area (Å²) in [4.78, 5) is 16.4. The maximum Gasteiger partial charge on any atom is 0.263 e. The van der Waals surface area contributed by atoms with Crippen molar-refractivity contribution in [3.8, 4) is 11.5 Å². The number of nitrogens with one attached hydrogen (secondary N) is 2. The zero-order valence-corrected chi connectivity index (χ0v) is 13.5. The lowest BCUT2D eigenvalue weighted by molar-refractivity contribution is -0.118. The Hall–Kier alpha value is -3.09. The number of hydrogen-bond acceptors (Lipinski definition) is 5. The maximum atomic E-state index is 12.1. The van der Waals surface area contributed by atoms with E-state index in [1.54, 1.807) is 12.1 Å². The predicted molar refractivity (Wildman–Crippen MR) is 90.4 cm³/mol. The Labute approximate surface area is 139 Å². The standard InChI is InChI=1S/C17H18N4O3/c1-3-23-13-6-4-5-7-14(13)24-10-15(22)19-17-12-9-8-11(2)18-16(12)20-21-17/h4-9H,3,10H2,1-2H3,(H2,18,19,20,21,22). The fourth-order valence-corrected chi connectivity index (χ4v) is 2.25. The van der Waals surface area contributed by atoms with Crippen LogP contribution in [0.4, 0.5) is 5.82 Å². The fourth-order valence-electron chi connectivity index (χ4n) is 2.25. The summed E-state index contributed by atoms with van der Waals surface area (Å²) in [5.41, 5.74) is 1.51. The van der Waals surface area contributed by atoms with Gasteiger partial charge in [0.2, 0.25) is 0 Å². The number of fused-ring (bicyclic) bond motifs is 1. The Balaban J connectivity index is 1.65. The molecular weight excluding hydrogens is 308 g/mol. The molecule has 0 radical (unpaired) electrons. The first-order valence-electron chi connectivity index (χ1n) is 7.63. The zero-order chi connectivity index (χ0) is 16.9. The molecule has 2 heterocycles. The smallest absolute Gasteiger partial charge is 0.263 e. The van der Waals surface area contributed by atoms with Crippen LogP contribution in [0, 0.1) is 6.92 Å². The highest BCUT2D eigenvalue weighted by Crippen LogP contribution is 2.26. The van der Waals surface area contributed by atoms with Crippen LogP contribution in [0.3, 0.4) is 0 Å². The first-order chi connectivity index (χ1) is 11.7. The van der Waals surface area contributed by atoms with Crippen molar-refractivity contribution in [2.24, 2.45) is 0 Å². The number of aromatic nitrogens is 3. The molecule has 0 aliphatic heterocycles. The third-order valence-corrected chi connectivity index (χ3v) is 3.33. The minimum absolute atomic E-state index is 0.141. The molecule has 0 spiro atoms. The summed E-state index contributed by atoms with van der Waals surface area (Å²) in [5.74, 6) is 1.26. The van der Waals surface area contributed by atoms with Gasteiger partial charge < -0.3 is 14.8 Å². The van der Waals surface area contributed by atoms with E-state index in [0.717, 1.165) is 11.1 Å². The summed E-state index contributed by atoms with van der Waals surface area (Å²) in [6.07, 6.45) is 0. The molecule has 0 aliphatic carbocycles. The van der Waals surface area contributed by atoms with Crippen molar-refractivity contribution in [2.45, 2.75) is 13.8 Å². The minimum Gasteiger partial charge on any atom is -0.490 e. The van der Waals surface area contributed by atoms with Crippen molar-refractivity contribution in [2.75, 3.05) is 18.5 Å². The lowest BCUT2D eigenvalue weighted by Gasteiger charge is -2.11. The summed E-state index contributed by atoms with van der Waals surface area (Å²) >= 11 is 0. The van der Waals surface area contributed by atoms with Gasteiger partial charge in [-0.2, -0.15) is 5.10 Å². The molecule has 0 aliphatic rings. The molecule has 24 heavy (non-hydrogen) atoms. The third kappa shape index (κ3) is 3.45. The van der Waals surface area contributed by atoms with Crippen molar-refractivity contribution in [3.05, 3.63) is 42.1 Å². The van der Waals surface area contributed by atoms with Crippen LogP contribution in [0.15, 0.2) is 36.4 Å². The van der Waals surface area contributed by atoms with Crippen LogP contribution in [-0.2, 0) is 4.79 Å². The number of aromatic amines is 1. The average molecular weight is 326 g/mol. The number of rotatable bonds is 6. The van der Waals surface area contributed by atoms with Gasteiger partial charge in [-0.3, -0.25) is 9.89 Å². The number of carbonyl (C=O) groups is 1. The molecule has 0 atom stereocenters. The van der Waals surface area contributed by atoms with Crippen molar-refractivity contribution in [1.29, 1.82) is 0 Å². The molecule has 124 valence electrons. The summed E-state index contributed by atoms with van der Waals surface area (Å²) < 4.78 is 11.0. The lowest BCUT2D eigenvalue weighted by Crippen LogP contribution is -2.20. The van der Waals surface area contributed by atoms with Crippen LogP contribution in [-0.4, -0.2) is 34.3 Å². The summed E-state index contributed by atoms with van der Waals surface area (Å²) in [6.45, 7) is 4.17. The van der Waals surface area contributed by atoms with Gasteiger partial charge in [0.05, 0.1) is 12.0 Å². The molecule has 7 heteroatoms. The van der Waals surface area contributed by atoms with Gasteiger partial charge in [-0.15, -0.1) is 0 Å². The van der Waals surface area contributed by atoms with Gasteiger partial charge in [0.15, 0.2) is 29.6 Å². The highest BCUT2D eigenvalue weighted by atomic mass is 16.5. The van der Waals surface area contributed by atoms with Crippen LogP contribution in [0.1, 0.15) is 12.6 Å². The number of para-hydroxylation sites is 2. The van der Waals surface area contributed by atoms with Gasteiger partial charge in [0.1, 0.15) is 0 Å². The molecule has 1 amide bonds. The Morgan fingerprint density at radius 3 is 2.67 bits per heavy atom. The Morgan fingerprint density at radius 2 is 1.92 bits per heavy atom. The largest absolute Gasteiger partial charge is 0.490 e. The van der Waals surface area contributed by atoms with Gasteiger partial charge in [0.25, 0.3) is 5.91 Å². The van der Waals surface area contributed by atoms with Crippen LogP contribution < -0.4 is 14.8 Å². The van der Waals surface area contributed by atoms with Crippen LogP contribution >= 0.6 is 0 Å². The molecular formula is C17H18N4O3. The van der Waals surface area contributed by atoms with E-state index in [4.69, 9.17) is 9.47 Å². The molecule has 0 saturated carbocycles. The molecule has 3 rings (SSSR count). The van der Waals surface area contributed by atoms with E-state index in [-0.39, 0.29) is 12.5 Å². The Kier molecular flexibility index (Phi) is 4.60. The summed E-state index contributed by atoms with van der Waals surface area (Å²) in [7, 11) is 0. The number of amides is 1. The number of benzene rings is 1. The SMILES string of the molecule is CCOc1ccccc1OCC(=O)Nc1n[nH]c2nc(C)ccc12. The summed E-state index contributed by atoms with van der Waals surface area (Å²) in [5, 5.41) is 10.3. The lowest BCUT2D eigenvalue weighted by atomic mass is 10.3. The zero-order valence-electron chi connectivity index (χ0n) is 13.5. The first-order valence-corrected chi connectivity index (χ1v) is 7.63. The topological polar surface area (TPSA) is 89.1 Å². The highest BCUT2D eigenvalue weighted by Gasteiger charge is 2.12. The minimum atomic E-state index is -0.310. The second kappa shape index (κ2) is 6.99. The second-order valence-corrected chi connectivity index (χ2v) is 5.14. The van der Waals surface area contributed by atoms with E-state index in [2.05, 4.69) is 20.5 Å². The van der Waals surface area contributed by atoms with E-state index in [1.807, 2.05) is 38.1 Å². The van der Waals surface area contributed by atoms with Crippen molar-refractivity contribution in [1.82, 2.24) is 15.2 Å². The Morgan fingerprint density at radius 1 is 1.17 bits per heavy atom. The number of H-pyrrole nitrogens is 1. The van der Waals surface area contributed by atoms with Crippen LogP contribution in [0.25, 0.3) is 11.0 Å². The van der Waals surface area contributed by atoms with Gasteiger partial charge in [-0.25, -0.2) is 4.98 Å². The first kappa shape index (κ1) is 15.8. The number of ether oxygens (including phenoxy) is 2. The number of anilines is 1. The van der Waals surface area contributed by atoms with Gasteiger partial charge in [-0.05, 0) is 38.1 Å². The van der Waals surface area contributed by atoms with Crippen LogP contribution in [0.2, 0.25) is 0 Å². The number of aryl methyl sites for hydroxylation is 1. The molecule has 0 saturated heterocycles. The summed E-state index contributed by atoms with van der Waals surface area (Å²) in [6, 6.07) is 11.0. The monoisotopic (exact) mass is 326 g/mol. The second-order valence-electron chi connectivity index (χ2n) is 5.14. The quantitative estimate of drug-likeness (QED) is 0.727. The number of hydrogen-bond donors (Lipinski definition) is 2. The van der Waals surface area contributed by atoms with E-state index < -0.39 is 0 Å². The molecule has 0 unspecified atom stereocenters. The average Bonchev–Trinajstić information content (AvgIpc) is 2.96. The van der Waals surface area contributed by atoms with Crippen molar-refractivity contribution < 1.29 is 14.3 Å². The van der Waals surface area contributed by atoms with E-state index >= 15 is 0 Å². The number of nitrogens with zero attached hydrogens (tertiary/aromatic N) is 2. The van der Waals surface area contributed by atoms with E-state index in [0.29, 0.717) is 29.6 Å². The van der Waals surface area contributed by atoms with Crippen molar-refractivity contribution >= 4 is 22.8 Å². The van der Waals surface area contributed by atoms with E-state index in [9.17, 15) is 4.79 Å². The molecule has 7 nitrogen and oxygen atoms in total. The molecule has 3 aromatic rings.